The fourth-order valence-electron chi connectivity index (χ4n) is 2.25. The van der Waals surface area contributed by atoms with Crippen molar-refractivity contribution in [3.8, 4) is 11.5 Å². The van der Waals surface area contributed by atoms with Gasteiger partial charge in [0, 0.05) is 11.1 Å². The summed E-state index contributed by atoms with van der Waals surface area (Å²) in [5.41, 5.74) is 0.894. The molecular formula is C16H11Cl2F3N2O3. The van der Waals surface area contributed by atoms with E-state index in [0.717, 1.165) is 11.6 Å². The van der Waals surface area contributed by atoms with Crippen LogP contribution in [0.5, 0.6) is 11.5 Å². The number of anilines is 1. The Morgan fingerprint density at radius 1 is 1.08 bits per heavy atom. The molecule has 26 heavy (non-hydrogen) atoms. The zero-order valence-corrected chi connectivity index (χ0v) is 14.6. The van der Waals surface area contributed by atoms with Crippen molar-refractivity contribution in [2.45, 2.75) is 19.0 Å². The summed E-state index contributed by atoms with van der Waals surface area (Å²) in [5, 5.41) is 4.23. The molecule has 0 fully saturated rings. The summed E-state index contributed by atoms with van der Waals surface area (Å²) in [6, 6.07) is 7.19. The van der Waals surface area contributed by atoms with Gasteiger partial charge in [-0.1, -0.05) is 29.3 Å². The van der Waals surface area contributed by atoms with Gasteiger partial charge in [0.2, 0.25) is 0 Å². The van der Waals surface area contributed by atoms with Crippen LogP contribution in [0, 0.1) is 6.92 Å². The Labute approximate surface area is 156 Å². The smallest absolute Gasteiger partial charge is 0.424 e. The molecule has 0 spiro atoms. The summed E-state index contributed by atoms with van der Waals surface area (Å²) in [7, 11) is 0. The van der Waals surface area contributed by atoms with E-state index in [9.17, 15) is 18.0 Å². The molecule has 2 aromatic carbocycles. The quantitative estimate of drug-likeness (QED) is 0.728. The first-order valence-electron chi connectivity index (χ1n) is 7.19. The van der Waals surface area contributed by atoms with E-state index < -0.39 is 18.1 Å². The second kappa shape index (κ2) is 6.44. The molecule has 2 N–H and O–H groups in total. The van der Waals surface area contributed by atoms with Gasteiger partial charge in [0.25, 0.3) is 0 Å². The van der Waals surface area contributed by atoms with Gasteiger partial charge in [-0.25, -0.2) is 4.79 Å². The third-order valence-corrected chi connectivity index (χ3v) is 4.00. The predicted octanol–water partition coefficient (Wildman–Crippen LogP) is 5.11. The number of amides is 2. The molecular weight excluding hydrogens is 396 g/mol. The van der Waals surface area contributed by atoms with E-state index in [0.29, 0.717) is 0 Å². The summed E-state index contributed by atoms with van der Waals surface area (Å²) in [5.74, 6) is -3.84. The molecule has 138 valence electrons. The molecule has 10 heteroatoms. The van der Waals surface area contributed by atoms with E-state index in [1.54, 1.807) is 18.3 Å². The van der Waals surface area contributed by atoms with Crippen molar-refractivity contribution >= 4 is 34.9 Å². The van der Waals surface area contributed by atoms with E-state index in [4.69, 9.17) is 32.7 Å². The standard InChI is InChI=1S/C16H11Cl2F3N2O3/c1-8-2-4-10(18)11(6-8)22-14(24)23-16(15(19,20)21)25-12-5-3-9(17)7-13(12)26-16/h2-7H,1H3,(H2,22,23,24). The van der Waals surface area contributed by atoms with Gasteiger partial charge in [0.1, 0.15) is 0 Å². The summed E-state index contributed by atoms with van der Waals surface area (Å²) >= 11 is 11.7. The Morgan fingerprint density at radius 2 is 1.77 bits per heavy atom. The first kappa shape index (κ1) is 18.5. The van der Waals surface area contributed by atoms with Gasteiger partial charge in [-0.2, -0.15) is 13.2 Å². The molecule has 0 saturated heterocycles. The first-order chi connectivity index (χ1) is 12.1. The molecule has 1 atom stereocenters. The van der Waals surface area contributed by atoms with Gasteiger partial charge in [0.15, 0.2) is 11.5 Å². The molecule has 3 rings (SSSR count). The Bertz CT molecular complexity index is 876. The Kier molecular flexibility index (Phi) is 4.58. The lowest BCUT2D eigenvalue weighted by molar-refractivity contribution is -0.317. The Hall–Kier alpha value is -2.32. The third-order valence-electron chi connectivity index (χ3n) is 3.43. The third kappa shape index (κ3) is 3.47. The number of carbonyl (C=O) groups excluding carboxylic acids is 1. The fraction of sp³-hybridized carbons (Fsp3) is 0.188. The maximum atomic E-state index is 13.6. The van der Waals surface area contributed by atoms with Gasteiger partial charge in [-0.3, -0.25) is 5.32 Å². The number of urea groups is 1. The fourth-order valence-corrected chi connectivity index (χ4v) is 2.58. The average molecular weight is 407 g/mol. The summed E-state index contributed by atoms with van der Waals surface area (Å²) in [6.07, 6.45) is -5.08. The van der Waals surface area contributed by atoms with Crippen LogP contribution in [-0.4, -0.2) is 18.1 Å². The topological polar surface area (TPSA) is 59.6 Å². The van der Waals surface area contributed by atoms with Gasteiger partial charge >= 0.3 is 18.1 Å². The van der Waals surface area contributed by atoms with E-state index >= 15 is 0 Å². The number of carbonyl (C=O) groups is 1. The van der Waals surface area contributed by atoms with Gasteiger partial charge in [-0.05, 0) is 36.8 Å². The minimum atomic E-state index is -5.08. The lowest BCUT2D eigenvalue weighted by atomic mass is 10.2. The zero-order chi connectivity index (χ0) is 19.1. The van der Waals surface area contributed by atoms with Crippen LogP contribution in [0.15, 0.2) is 36.4 Å². The number of alkyl halides is 3. The molecule has 2 amide bonds. The summed E-state index contributed by atoms with van der Waals surface area (Å²) < 4.78 is 50.4. The lowest BCUT2D eigenvalue weighted by Gasteiger charge is -2.29. The number of nitrogens with one attached hydrogen (secondary N) is 2. The molecule has 1 unspecified atom stereocenters. The lowest BCUT2D eigenvalue weighted by Crippen LogP contribution is -2.65. The van der Waals surface area contributed by atoms with Crippen molar-refractivity contribution in [2.75, 3.05) is 5.32 Å². The highest BCUT2D eigenvalue weighted by molar-refractivity contribution is 6.33. The number of rotatable bonds is 2. The molecule has 5 nitrogen and oxygen atoms in total. The van der Waals surface area contributed by atoms with Crippen molar-refractivity contribution in [2.24, 2.45) is 0 Å². The van der Waals surface area contributed by atoms with Crippen LogP contribution in [0.4, 0.5) is 23.7 Å². The molecule has 0 aliphatic carbocycles. The molecule has 0 saturated carbocycles. The summed E-state index contributed by atoms with van der Waals surface area (Å²) in [4.78, 5) is 12.1. The molecule has 0 bridgehead atoms. The van der Waals surface area contributed by atoms with Gasteiger partial charge in [0.05, 0.1) is 10.7 Å². The minimum absolute atomic E-state index is 0.139. The van der Waals surface area contributed by atoms with Crippen LogP contribution in [0.1, 0.15) is 5.56 Å². The largest absolute Gasteiger partial charge is 0.492 e. The molecule has 0 aromatic heterocycles. The second-order valence-electron chi connectivity index (χ2n) is 5.47. The number of halogens is 5. The van der Waals surface area contributed by atoms with Crippen LogP contribution >= 0.6 is 23.2 Å². The van der Waals surface area contributed by atoms with Crippen LogP contribution in [0.25, 0.3) is 0 Å². The monoisotopic (exact) mass is 406 g/mol. The SMILES string of the molecule is Cc1ccc(Cl)c(NC(=O)NC2(C(F)(F)F)Oc3ccc(Cl)cc3O2)c1. The number of hydrogen-bond donors (Lipinski definition) is 2. The molecule has 2 aromatic rings. The second-order valence-corrected chi connectivity index (χ2v) is 6.32. The molecule has 1 heterocycles. The highest BCUT2D eigenvalue weighted by atomic mass is 35.5. The van der Waals surface area contributed by atoms with Gasteiger partial charge in [-0.15, -0.1) is 0 Å². The van der Waals surface area contributed by atoms with E-state index in [1.165, 1.54) is 24.3 Å². The normalized spacial score (nSPS) is 18.5. The Morgan fingerprint density at radius 3 is 2.46 bits per heavy atom. The number of benzene rings is 2. The van der Waals surface area contributed by atoms with Crippen LogP contribution in [0.3, 0.4) is 0 Å². The highest BCUT2D eigenvalue weighted by Gasteiger charge is 2.65. The Balaban J connectivity index is 1.85. The average Bonchev–Trinajstić information content (AvgIpc) is 2.89. The summed E-state index contributed by atoms with van der Waals surface area (Å²) in [6.45, 7) is 1.74. The highest BCUT2D eigenvalue weighted by Crippen LogP contribution is 2.46. The maximum Gasteiger partial charge on any atom is 0.492 e. The van der Waals surface area contributed by atoms with Crippen molar-refractivity contribution < 1.29 is 27.4 Å². The number of ether oxygens (including phenoxy) is 2. The number of fused-ring (bicyclic) bond motifs is 1. The molecule has 1 aliphatic heterocycles. The maximum absolute atomic E-state index is 13.6. The molecule has 1 aliphatic rings. The van der Waals surface area contributed by atoms with Crippen LogP contribution < -0.4 is 20.1 Å². The van der Waals surface area contributed by atoms with Crippen molar-refractivity contribution in [3.63, 3.8) is 0 Å². The van der Waals surface area contributed by atoms with Gasteiger partial charge < -0.3 is 14.8 Å². The predicted molar refractivity (Wildman–Crippen MR) is 89.8 cm³/mol. The van der Waals surface area contributed by atoms with Crippen LogP contribution in [0.2, 0.25) is 10.0 Å². The van der Waals surface area contributed by atoms with E-state index in [2.05, 4.69) is 5.32 Å². The van der Waals surface area contributed by atoms with Crippen molar-refractivity contribution in [1.29, 1.82) is 0 Å². The first-order valence-corrected chi connectivity index (χ1v) is 7.95. The molecule has 0 radical (unpaired) electrons. The number of hydrogen-bond acceptors (Lipinski definition) is 3. The van der Waals surface area contributed by atoms with Crippen molar-refractivity contribution in [1.82, 2.24) is 5.32 Å². The minimum Gasteiger partial charge on any atom is -0.424 e. The number of aryl methyl sites for hydroxylation is 1. The van der Waals surface area contributed by atoms with Crippen LogP contribution in [-0.2, 0) is 0 Å². The van der Waals surface area contributed by atoms with E-state index in [-0.39, 0.29) is 27.2 Å². The van der Waals surface area contributed by atoms with Crippen molar-refractivity contribution in [3.05, 3.63) is 52.0 Å². The zero-order valence-electron chi connectivity index (χ0n) is 13.1. The van der Waals surface area contributed by atoms with E-state index in [1.807, 2.05) is 0 Å².